The molecule has 3 amide bonds. The van der Waals surface area contributed by atoms with Crippen molar-refractivity contribution in [3.63, 3.8) is 0 Å². The van der Waals surface area contributed by atoms with Crippen LogP contribution in [0.4, 0.5) is 10.1 Å². The molecule has 0 fully saturated rings. The van der Waals surface area contributed by atoms with Crippen molar-refractivity contribution in [1.29, 1.82) is 0 Å². The van der Waals surface area contributed by atoms with Crippen LogP contribution in [0.2, 0.25) is 0 Å². The van der Waals surface area contributed by atoms with Gasteiger partial charge < -0.3 is 15.5 Å². The largest absolute Gasteiger partial charge is 0.345 e. The van der Waals surface area contributed by atoms with E-state index in [1.54, 1.807) is 24.3 Å². The van der Waals surface area contributed by atoms with E-state index in [9.17, 15) is 18.8 Å². The molecule has 3 aromatic carbocycles. The molecule has 0 saturated carbocycles. The number of halogens is 1. The number of anilines is 1. The normalized spacial score (nSPS) is 10.4. The van der Waals surface area contributed by atoms with E-state index in [0.29, 0.717) is 17.7 Å². The van der Waals surface area contributed by atoms with Gasteiger partial charge in [-0.1, -0.05) is 60.2 Å². The van der Waals surface area contributed by atoms with Gasteiger partial charge in [-0.15, -0.1) is 0 Å². The Hall–Kier alpha value is -4.00. The molecule has 0 saturated heterocycles. The van der Waals surface area contributed by atoms with Crippen molar-refractivity contribution in [2.45, 2.75) is 26.3 Å². The van der Waals surface area contributed by atoms with Crippen molar-refractivity contribution in [2.75, 3.05) is 18.4 Å². The first-order valence-corrected chi connectivity index (χ1v) is 11.1. The summed E-state index contributed by atoms with van der Waals surface area (Å²) in [6.45, 7) is 1.69. The van der Waals surface area contributed by atoms with E-state index in [-0.39, 0.29) is 43.7 Å². The summed E-state index contributed by atoms with van der Waals surface area (Å²) in [5.41, 5.74) is 3.44. The second-order valence-electron chi connectivity index (χ2n) is 8.05. The number of hydrogen-bond donors (Lipinski definition) is 2. The molecule has 3 rings (SSSR count). The predicted molar refractivity (Wildman–Crippen MR) is 129 cm³/mol. The van der Waals surface area contributed by atoms with Gasteiger partial charge in [0.1, 0.15) is 5.82 Å². The van der Waals surface area contributed by atoms with Gasteiger partial charge >= 0.3 is 0 Å². The van der Waals surface area contributed by atoms with Crippen LogP contribution in [0.3, 0.4) is 0 Å². The van der Waals surface area contributed by atoms with E-state index in [4.69, 9.17) is 0 Å². The molecule has 0 heterocycles. The van der Waals surface area contributed by atoms with Gasteiger partial charge in [0.25, 0.3) is 0 Å². The highest BCUT2D eigenvalue weighted by atomic mass is 19.1. The highest BCUT2D eigenvalue weighted by Crippen LogP contribution is 2.11. The smallest absolute Gasteiger partial charge is 0.243 e. The molecule has 0 bridgehead atoms. The lowest BCUT2D eigenvalue weighted by molar-refractivity contribution is -0.136. The molecule has 2 N–H and O–H groups in total. The molecular weight excluding hydrogens is 433 g/mol. The Morgan fingerprint density at radius 3 is 2.18 bits per heavy atom. The molecular formula is C27H28FN3O3. The van der Waals surface area contributed by atoms with Crippen LogP contribution in [-0.2, 0) is 27.3 Å². The summed E-state index contributed by atoms with van der Waals surface area (Å²) in [5, 5.41) is 5.28. The molecule has 0 aliphatic heterocycles. The van der Waals surface area contributed by atoms with E-state index < -0.39 is 5.91 Å². The molecule has 34 heavy (non-hydrogen) atoms. The van der Waals surface area contributed by atoms with E-state index in [2.05, 4.69) is 10.6 Å². The Balaban J connectivity index is 1.56. The van der Waals surface area contributed by atoms with Gasteiger partial charge in [-0.25, -0.2) is 4.39 Å². The lowest BCUT2D eigenvalue weighted by atomic mass is 10.1. The zero-order chi connectivity index (χ0) is 24.3. The summed E-state index contributed by atoms with van der Waals surface area (Å²) in [4.78, 5) is 39.0. The summed E-state index contributed by atoms with van der Waals surface area (Å²) >= 11 is 0. The third-order valence-corrected chi connectivity index (χ3v) is 5.23. The van der Waals surface area contributed by atoms with Crippen LogP contribution in [0, 0.1) is 12.7 Å². The minimum atomic E-state index is -0.450. The first-order valence-electron chi connectivity index (χ1n) is 11.1. The third kappa shape index (κ3) is 8.16. The Morgan fingerprint density at radius 1 is 0.824 bits per heavy atom. The number of amides is 3. The minimum absolute atomic E-state index is 0.164. The number of aryl methyl sites for hydroxylation is 2. The zero-order valence-electron chi connectivity index (χ0n) is 19.1. The summed E-state index contributed by atoms with van der Waals surface area (Å²) in [6, 6.07) is 22.7. The van der Waals surface area contributed by atoms with Gasteiger partial charge in [0.15, 0.2) is 0 Å². The van der Waals surface area contributed by atoms with Crippen LogP contribution in [0.15, 0.2) is 78.9 Å². The number of nitrogens with one attached hydrogen (secondary N) is 2. The summed E-state index contributed by atoms with van der Waals surface area (Å²) in [5.74, 6) is -1.39. The average Bonchev–Trinajstić information content (AvgIpc) is 2.84. The van der Waals surface area contributed by atoms with Crippen molar-refractivity contribution in [1.82, 2.24) is 10.2 Å². The SMILES string of the molecule is Cc1ccc(NC(=O)CNC(=O)CN(Cc2ccc(F)cc2)C(=O)CCc2ccccc2)cc1. The molecule has 0 aliphatic rings. The number of nitrogens with zero attached hydrogens (tertiary/aromatic N) is 1. The molecule has 0 radical (unpaired) electrons. The average molecular weight is 462 g/mol. The van der Waals surface area contributed by atoms with Crippen LogP contribution in [0.25, 0.3) is 0 Å². The van der Waals surface area contributed by atoms with Gasteiger partial charge in [0.2, 0.25) is 17.7 Å². The third-order valence-electron chi connectivity index (χ3n) is 5.23. The van der Waals surface area contributed by atoms with Crippen molar-refractivity contribution in [3.8, 4) is 0 Å². The number of carbonyl (C=O) groups excluding carboxylic acids is 3. The van der Waals surface area contributed by atoms with Crippen LogP contribution in [-0.4, -0.2) is 35.7 Å². The van der Waals surface area contributed by atoms with Gasteiger partial charge in [-0.05, 0) is 48.7 Å². The molecule has 0 aromatic heterocycles. The van der Waals surface area contributed by atoms with Crippen molar-refractivity contribution in [2.24, 2.45) is 0 Å². The van der Waals surface area contributed by atoms with Crippen LogP contribution in [0.5, 0.6) is 0 Å². The molecule has 3 aromatic rings. The van der Waals surface area contributed by atoms with E-state index in [0.717, 1.165) is 11.1 Å². The summed E-state index contributed by atoms with van der Waals surface area (Å²) in [7, 11) is 0. The fourth-order valence-electron chi connectivity index (χ4n) is 3.35. The molecule has 176 valence electrons. The maximum absolute atomic E-state index is 13.3. The van der Waals surface area contributed by atoms with Gasteiger partial charge in [0.05, 0.1) is 13.1 Å². The Labute approximate surface area is 198 Å². The van der Waals surface area contributed by atoms with Crippen LogP contribution in [0.1, 0.15) is 23.1 Å². The molecule has 0 unspecified atom stereocenters. The quantitative estimate of drug-likeness (QED) is 0.481. The number of carbonyl (C=O) groups is 3. The minimum Gasteiger partial charge on any atom is -0.345 e. The molecule has 0 aliphatic carbocycles. The maximum Gasteiger partial charge on any atom is 0.243 e. The topological polar surface area (TPSA) is 78.5 Å². The second kappa shape index (κ2) is 12.3. The number of benzene rings is 3. The highest BCUT2D eigenvalue weighted by Gasteiger charge is 2.18. The molecule has 7 heteroatoms. The zero-order valence-corrected chi connectivity index (χ0v) is 19.1. The monoisotopic (exact) mass is 461 g/mol. The van der Waals surface area contributed by atoms with Crippen LogP contribution >= 0.6 is 0 Å². The van der Waals surface area contributed by atoms with Gasteiger partial charge in [-0.3, -0.25) is 14.4 Å². The first-order chi connectivity index (χ1) is 16.4. The number of rotatable bonds is 10. The predicted octanol–water partition coefficient (Wildman–Crippen LogP) is 3.85. The Kier molecular flexibility index (Phi) is 8.91. The fraction of sp³-hybridized carbons (Fsp3) is 0.222. The lowest BCUT2D eigenvalue weighted by Crippen LogP contribution is -2.42. The van der Waals surface area contributed by atoms with Crippen LogP contribution < -0.4 is 10.6 Å². The van der Waals surface area contributed by atoms with Gasteiger partial charge in [-0.2, -0.15) is 0 Å². The second-order valence-corrected chi connectivity index (χ2v) is 8.05. The van der Waals surface area contributed by atoms with Crippen molar-refractivity contribution >= 4 is 23.4 Å². The Morgan fingerprint density at radius 2 is 1.50 bits per heavy atom. The van der Waals surface area contributed by atoms with Gasteiger partial charge in [0, 0.05) is 18.7 Å². The lowest BCUT2D eigenvalue weighted by Gasteiger charge is -2.22. The standard InChI is InChI=1S/C27H28FN3O3/c1-20-7-14-24(15-8-20)30-25(32)17-29-26(33)19-31(18-22-9-12-23(28)13-10-22)27(34)16-11-21-5-3-2-4-6-21/h2-10,12-15H,11,16-19H2,1H3,(H,29,33)(H,30,32). The molecule has 0 atom stereocenters. The van der Waals surface area contributed by atoms with E-state index >= 15 is 0 Å². The highest BCUT2D eigenvalue weighted by molar-refractivity contribution is 5.95. The van der Waals surface area contributed by atoms with E-state index in [1.165, 1.54) is 17.0 Å². The van der Waals surface area contributed by atoms with Crippen molar-refractivity contribution < 1.29 is 18.8 Å². The fourth-order valence-corrected chi connectivity index (χ4v) is 3.35. The summed E-state index contributed by atoms with van der Waals surface area (Å²) < 4.78 is 13.3. The molecule has 6 nitrogen and oxygen atoms in total. The van der Waals surface area contributed by atoms with E-state index in [1.807, 2.05) is 49.4 Å². The first kappa shape index (κ1) is 24.6. The Bertz CT molecular complexity index is 1100. The number of hydrogen-bond acceptors (Lipinski definition) is 3. The summed E-state index contributed by atoms with van der Waals surface area (Å²) in [6.07, 6.45) is 0.770. The van der Waals surface area contributed by atoms with Crippen molar-refractivity contribution in [3.05, 3.63) is 101 Å². The molecule has 0 spiro atoms. The maximum atomic E-state index is 13.3.